The third-order valence-electron chi connectivity index (χ3n) is 18.1. The quantitative estimate of drug-likeness (QED) is 0.0166. The maximum absolute atomic E-state index is 14.7. The number of aliphatic carboxylic acids is 2. The first-order valence-electron chi connectivity index (χ1n) is 37.2. The highest BCUT2D eigenvalue weighted by molar-refractivity contribution is 6.01. The molecular formula is C72H108N20O23. The highest BCUT2D eigenvalue weighted by Gasteiger charge is 2.44. The van der Waals surface area contributed by atoms with Gasteiger partial charge >= 0.3 is 11.9 Å². The van der Waals surface area contributed by atoms with E-state index in [4.69, 9.17) is 33.5 Å². The van der Waals surface area contributed by atoms with Crippen LogP contribution in [0.2, 0.25) is 0 Å². The van der Waals surface area contributed by atoms with Gasteiger partial charge in [-0.1, -0.05) is 70.2 Å². The number of nitrogens with one attached hydrogen (secondary N) is 14. The van der Waals surface area contributed by atoms with Crippen molar-refractivity contribution in [1.82, 2.24) is 78.9 Å². The molecule has 2 aliphatic heterocycles. The van der Waals surface area contributed by atoms with Gasteiger partial charge in [-0.15, -0.1) is 0 Å². The summed E-state index contributed by atoms with van der Waals surface area (Å²) in [5.41, 5.74) is 22.7. The molecule has 43 nitrogen and oxygen atoms in total. The number of amides is 16. The number of carboxylic acid groups (broad SMARTS) is 2. The number of aromatic hydroxyl groups is 1. The third-order valence-corrected chi connectivity index (χ3v) is 18.1. The molecule has 0 bridgehead atoms. The van der Waals surface area contributed by atoms with Crippen molar-refractivity contribution in [3.05, 3.63) is 65.7 Å². The van der Waals surface area contributed by atoms with Crippen LogP contribution in [-0.4, -0.2) is 272 Å². The van der Waals surface area contributed by atoms with E-state index < -0.39 is 236 Å². The number of primary amides is 2. The minimum absolute atomic E-state index is 0.00628. The van der Waals surface area contributed by atoms with Gasteiger partial charge in [-0.05, 0) is 100 Å². The molecule has 634 valence electrons. The second kappa shape index (κ2) is 46.8. The van der Waals surface area contributed by atoms with Gasteiger partial charge in [0, 0.05) is 32.5 Å². The van der Waals surface area contributed by atoms with E-state index in [1.807, 2.05) is 0 Å². The first kappa shape index (κ1) is 95.2. The molecule has 2 aromatic carbocycles. The molecule has 4 rings (SSSR count). The predicted octanol–water partition coefficient (Wildman–Crippen LogP) is -8.37. The molecule has 2 saturated heterocycles. The Labute approximate surface area is 661 Å². The van der Waals surface area contributed by atoms with Crippen molar-refractivity contribution in [2.45, 2.75) is 210 Å². The number of carbonyl (C=O) groups excluding carboxylic acids is 16. The van der Waals surface area contributed by atoms with Crippen LogP contribution >= 0.6 is 0 Å². The number of hydrogen-bond acceptors (Lipinski definition) is 23. The Morgan fingerprint density at radius 3 is 1.37 bits per heavy atom. The van der Waals surface area contributed by atoms with Gasteiger partial charge < -0.3 is 127 Å². The van der Waals surface area contributed by atoms with Crippen molar-refractivity contribution in [2.75, 3.05) is 39.3 Å². The van der Waals surface area contributed by atoms with Gasteiger partial charge in [0.05, 0.1) is 51.1 Å². The molecule has 43 heteroatoms. The summed E-state index contributed by atoms with van der Waals surface area (Å²) >= 11 is 0. The fraction of sp³-hybridized carbons (Fsp3) is 0.569. The van der Waals surface area contributed by atoms with Crippen LogP contribution in [0.3, 0.4) is 0 Å². The third kappa shape index (κ3) is 32.5. The van der Waals surface area contributed by atoms with E-state index >= 15 is 0 Å². The van der Waals surface area contributed by atoms with Crippen molar-refractivity contribution in [3.63, 3.8) is 0 Å². The molecule has 0 aromatic heterocycles. The molecule has 14 atom stereocenters. The second-order valence-corrected chi connectivity index (χ2v) is 28.7. The second-order valence-electron chi connectivity index (χ2n) is 28.7. The molecular weight excluding hydrogens is 1510 g/mol. The van der Waals surface area contributed by atoms with Crippen molar-refractivity contribution in [3.8, 4) is 5.75 Å². The molecule has 0 spiro atoms. The fourth-order valence-electron chi connectivity index (χ4n) is 12.5. The lowest BCUT2D eigenvalue weighted by Crippen LogP contribution is -2.61. The van der Waals surface area contributed by atoms with Crippen molar-refractivity contribution in [2.24, 2.45) is 34.8 Å². The van der Waals surface area contributed by atoms with Crippen LogP contribution in [0.25, 0.3) is 0 Å². The van der Waals surface area contributed by atoms with Crippen molar-refractivity contribution >= 4 is 112 Å². The highest BCUT2D eigenvalue weighted by atomic mass is 16.4. The molecule has 2 heterocycles. The van der Waals surface area contributed by atoms with Gasteiger partial charge in [0.1, 0.15) is 78.3 Å². The van der Waals surface area contributed by atoms with Gasteiger partial charge in [-0.2, -0.15) is 0 Å². The number of benzene rings is 2. The Hall–Kier alpha value is -12.1. The highest BCUT2D eigenvalue weighted by Crippen LogP contribution is 2.23. The number of rotatable bonds is 47. The first-order chi connectivity index (χ1) is 54.1. The van der Waals surface area contributed by atoms with E-state index in [1.54, 1.807) is 58.0 Å². The summed E-state index contributed by atoms with van der Waals surface area (Å²) < 4.78 is 0. The largest absolute Gasteiger partial charge is 0.508 e. The maximum Gasteiger partial charge on any atom is 0.326 e. The minimum Gasteiger partial charge on any atom is -0.508 e. The summed E-state index contributed by atoms with van der Waals surface area (Å²) in [4.78, 5) is 244. The minimum atomic E-state index is -1.97. The van der Waals surface area contributed by atoms with Crippen molar-refractivity contribution in [1.29, 1.82) is 5.41 Å². The van der Waals surface area contributed by atoms with Crippen molar-refractivity contribution < 1.29 is 112 Å². The number of hydrogen-bond donors (Lipinski definition) is 23. The zero-order chi connectivity index (χ0) is 86.1. The molecule has 2 aliphatic rings. The number of aliphatic hydroxyl groups is 2. The number of carbonyl (C=O) groups is 18. The Balaban J connectivity index is 1.52. The van der Waals surface area contributed by atoms with E-state index in [0.29, 0.717) is 11.1 Å². The molecule has 27 N–H and O–H groups in total. The average Bonchev–Trinajstić information content (AvgIpc) is 1.72. The summed E-state index contributed by atoms with van der Waals surface area (Å²) in [5, 5.41) is 89.1. The van der Waals surface area contributed by atoms with Crippen LogP contribution < -0.4 is 92.1 Å². The molecule has 115 heavy (non-hydrogen) atoms. The lowest BCUT2D eigenvalue weighted by atomic mass is 10.0. The van der Waals surface area contributed by atoms with Crippen LogP contribution in [0, 0.1) is 17.2 Å². The SMILES string of the molecule is CC(C)C[C@H](NC(=O)CN)C(=O)N[C@@H](CC(N)=O)C(=O)N[C@@H](CCCNC(=N)N)C(=O)N1CCC[C@H]1C(=O)NCC(=O)N[C@@H](Cc1ccc(O)cc1)C(=O)N[C@@H](Cc1ccccc1)C(=O)N[C@@H](CC(N)=O)C(=O)N[C@H](C(=O)NCC(=O)N[C@@H](CC(C)C)C(=O)N[C@H](C(=O)N1CCC[C@H]1C(=O)N[C@@H](CC(=O)O)C(=O)O)[C@@H](C)O)[C@@H](C)O. The van der Waals surface area contributed by atoms with Gasteiger partial charge in [-0.3, -0.25) is 86.9 Å². The molecule has 0 aliphatic carbocycles. The summed E-state index contributed by atoms with van der Waals surface area (Å²) in [6.07, 6.45) is -6.39. The van der Waals surface area contributed by atoms with Crippen LogP contribution in [0.4, 0.5) is 0 Å². The lowest BCUT2D eigenvalue weighted by molar-refractivity contribution is -0.149. The molecule has 16 amide bonds. The van der Waals surface area contributed by atoms with Gasteiger partial charge in [0.15, 0.2) is 5.96 Å². The number of phenols is 1. The number of guanidine groups is 1. The average molecular weight is 1620 g/mol. The zero-order valence-corrected chi connectivity index (χ0v) is 64.7. The van der Waals surface area contributed by atoms with Gasteiger partial charge in [0.2, 0.25) is 94.5 Å². The van der Waals surface area contributed by atoms with Gasteiger partial charge in [-0.25, -0.2) is 4.79 Å². The Morgan fingerprint density at radius 1 is 0.461 bits per heavy atom. The summed E-state index contributed by atoms with van der Waals surface area (Å²) in [7, 11) is 0. The number of likely N-dealkylation sites (tertiary alicyclic amines) is 2. The van der Waals surface area contributed by atoms with E-state index in [2.05, 4.69) is 69.1 Å². The lowest BCUT2D eigenvalue weighted by Gasteiger charge is -2.31. The Morgan fingerprint density at radius 2 is 0.887 bits per heavy atom. The molecule has 0 radical (unpaired) electrons. The maximum atomic E-state index is 14.7. The predicted molar refractivity (Wildman–Crippen MR) is 405 cm³/mol. The molecule has 2 aromatic rings. The monoisotopic (exact) mass is 1620 g/mol. The standard InChI is InChI=1S/C72H108N20O23/c1-35(2)25-43(81-54(98)32-73)60(103)86-47(29-52(74)96)63(106)84-42(15-10-22-78-72(76)77)69(112)91-23-11-16-50(91)66(109)79-33-55(99)83-45(28-40-18-20-41(95)21-19-40)61(104)85-46(27-39-13-8-7-9-14-39)62(105)87-48(30-53(75)97)65(108)89-58(37(5)93)68(111)80-34-56(100)82-44(26-36(3)4)64(107)90-59(38(6)94)70(113)92-24-12-17-51(92)67(110)88-49(71(114)115)31-57(101)102/h7-9,13-14,18-21,35-38,42-51,58-59,93-95H,10-12,15-17,22-34,73H2,1-6H3,(H2,74,96)(H2,75,97)(H,79,109)(H,80,111)(H,81,98)(H,82,100)(H,83,99)(H,84,106)(H,85,104)(H,86,103)(H,87,105)(H,88,110)(H,89,108)(H,90,107)(H,101,102)(H,114,115)(H4,76,77,78)/t37-,38-,42+,43+,44+,45+,46+,47+,48+,49+,50+,51+,58+,59+/m1/s1. The van der Waals surface area contributed by atoms with Gasteiger partial charge in [0.25, 0.3) is 0 Å². The molecule has 0 saturated carbocycles. The zero-order valence-electron chi connectivity index (χ0n) is 64.7. The summed E-state index contributed by atoms with van der Waals surface area (Å²) in [6, 6.07) is -5.92. The smallest absolute Gasteiger partial charge is 0.326 e. The van der Waals surface area contributed by atoms with E-state index in [0.717, 1.165) is 23.6 Å². The Bertz CT molecular complexity index is 3810. The topological polar surface area (TPSA) is 699 Å². The van der Waals surface area contributed by atoms with Crippen LogP contribution in [0.15, 0.2) is 54.6 Å². The first-order valence-corrected chi connectivity index (χ1v) is 37.2. The van der Waals surface area contributed by atoms with E-state index in [-0.39, 0.29) is 101 Å². The van der Waals surface area contributed by atoms with Crippen LogP contribution in [0.1, 0.15) is 123 Å². The van der Waals surface area contributed by atoms with Crippen LogP contribution in [-0.2, 0) is 99.1 Å². The fourth-order valence-corrected chi connectivity index (χ4v) is 12.5. The van der Waals surface area contributed by atoms with E-state index in [9.17, 15) is 107 Å². The normalized spacial score (nSPS) is 16.9. The number of nitrogens with zero attached hydrogens (tertiary/aromatic N) is 2. The summed E-state index contributed by atoms with van der Waals surface area (Å²) in [5.74, 6) is -20.6. The van der Waals surface area contributed by atoms with E-state index in [1.165, 1.54) is 24.3 Å². The molecule has 0 unspecified atom stereocenters. The summed E-state index contributed by atoms with van der Waals surface area (Å²) in [6.45, 7) is 6.70. The number of carboxylic acids is 2. The number of aliphatic hydroxyl groups excluding tert-OH is 2. The number of phenolic OH excluding ortho intramolecular Hbond substituents is 1. The molecule has 2 fully saturated rings. The van der Waals surface area contributed by atoms with Crippen LogP contribution in [0.5, 0.6) is 5.75 Å². The Kier molecular flexibility index (Phi) is 38.7. The number of nitrogens with two attached hydrogens (primary N) is 4.